The highest BCUT2D eigenvalue weighted by molar-refractivity contribution is 9.10. The SMILES string of the molecule is CCOC(=O)c1sc(-c2ccc(Br)cc2)cc1NC(=O)COC(=O)C=Cc1ccco1. The normalized spacial score (nSPS) is 10.8. The molecule has 0 aliphatic heterocycles. The van der Waals surface area contributed by atoms with Crippen molar-refractivity contribution >= 4 is 56.9 Å². The minimum Gasteiger partial charge on any atom is -0.465 e. The number of hydrogen-bond donors (Lipinski definition) is 1. The van der Waals surface area contributed by atoms with Crippen LogP contribution in [0.5, 0.6) is 0 Å². The molecule has 0 aliphatic rings. The van der Waals surface area contributed by atoms with Gasteiger partial charge < -0.3 is 19.2 Å². The zero-order chi connectivity index (χ0) is 22.2. The molecule has 9 heteroatoms. The van der Waals surface area contributed by atoms with Crippen LogP contribution in [0.4, 0.5) is 5.69 Å². The number of nitrogens with one attached hydrogen (secondary N) is 1. The number of halogens is 1. The lowest BCUT2D eigenvalue weighted by Crippen LogP contribution is -2.21. The van der Waals surface area contributed by atoms with Crippen LogP contribution in [-0.2, 0) is 19.1 Å². The molecule has 0 radical (unpaired) electrons. The summed E-state index contributed by atoms with van der Waals surface area (Å²) in [6.45, 7) is 1.40. The summed E-state index contributed by atoms with van der Waals surface area (Å²) < 4.78 is 16.0. The van der Waals surface area contributed by atoms with Crippen molar-refractivity contribution in [3.63, 3.8) is 0 Å². The van der Waals surface area contributed by atoms with Crippen molar-refractivity contribution < 1.29 is 28.3 Å². The molecule has 0 saturated carbocycles. The molecular formula is C22H18BrNO6S. The third-order valence-electron chi connectivity index (χ3n) is 3.87. The van der Waals surface area contributed by atoms with Gasteiger partial charge in [0.15, 0.2) is 6.61 Å². The highest BCUT2D eigenvalue weighted by Gasteiger charge is 2.20. The predicted octanol–water partition coefficient (Wildman–Crippen LogP) is 5.14. The van der Waals surface area contributed by atoms with Crippen LogP contribution in [0.3, 0.4) is 0 Å². The summed E-state index contributed by atoms with van der Waals surface area (Å²) in [6.07, 6.45) is 4.07. The fourth-order valence-corrected chi connectivity index (χ4v) is 3.77. The minimum absolute atomic E-state index is 0.206. The average Bonchev–Trinajstić information content (AvgIpc) is 3.41. The minimum atomic E-state index is -0.696. The number of carbonyl (C=O) groups is 3. The van der Waals surface area contributed by atoms with E-state index in [2.05, 4.69) is 21.2 Å². The largest absolute Gasteiger partial charge is 0.465 e. The van der Waals surface area contributed by atoms with Crippen molar-refractivity contribution in [2.45, 2.75) is 6.92 Å². The summed E-state index contributed by atoms with van der Waals surface area (Å²) >= 11 is 4.59. The van der Waals surface area contributed by atoms with Crippen molar-refractivity contribution in [2.75, 3.05) is 18.5 Å². The quantitative estimate of drug-likeness (QED) is 0.337. The van der Waals surface area contributed by atoms with E-state index in [0.29, 0.717) is 11.4 Å². The number of hydrogen-bond acceptors (Lipinski definition) is 7. The highest BCUT2D eigenvalue weighted by Crippen LogP contribution is 2.36. The van der Waals surface area contributed by atoms with Crippen LogP contribution in [0, 0.1) is 0 Å². The number of furan rings is 1. The van der Waals surface area contributed by atoms with Crippen molar-refractivity contribution in [3.05, 3.63) is 69.9 Å². The van der Waals surface area contributed by atoms with Gasteiger partial charge in [-0.1, -0.05) is 28.1 Å². The Labute approximate surface area is 190 Å². The van der Waals surface area contributed by atoms with Crippen LogP contribution in [0.25, 0.3) is 16.5 Å². The van der Waals surface area contributed by atoms with Crippen molar-refractivity contribution in [1.82, 2.24) is 0 Å². The molecule has 0 bridgehead atoms. The van der Waals surface area contributed by atoms with Crippen LogP contribution in [0.15, 0.2) is 63.7 Å². The lowest BCUT2D eigenvalue weighted by Gasteiger charge is -2.06. The second-order valence-electron chi connectivity index (χ2n) is 6.09. The van der Waals surface area contributed by atoms with E-state index in [4.69, 9.17) is 13.9 Å². The number of anilines is 1. The molecular weight excluding hydrogens is 486 g/mol. The molecule has 0 unspecified atom stereocenters. The van der Waals surface area contributed by atoms with Crippen LogP contribution in [-0.4, -0.2) is 31.1 Å². The summed E-state index contributed by atoms with van der Waals surface area (Å²) in [7, 11) is 0. The molecule has 3 rings (SSSR count). The molecule has 3 aromatic rings. The molecule has 1 N–H and O–H groups in total. The zero-order valence-corrected chi connectivity index (χ0v) is 18.8. The van der Waals surface area contributed by atoms with Crippen molar-refractivity contribution in [2.24, 2.45) is 0 Å². The highest BCUT2D eigenvalue weighted by atomic mass is 79.9. The van der Waals surface area contributed by atoms with E-state index < -0.39 is 24.5 Å². The summed E-state index contributed by atoms with van der Waals surface area (Å²) in [6, 6.07) is 12.6. The lowest BCUT2D eigenvalue weighted by molar-refractivity contribution is -0.142. The maximum atomic E-state index is 12.3. The van der Waals surface area contributed by atoms with Gasteiger partial charge in [0, 0.05) is 15.4 Å². The monoisotopic (exact) mass is 503 g/mol. The number of amides is 1. The van der Waals surface area contributed by atoms with Crippen molar-refractivity contribution in [3.8, 4) is 10.4 Å². The van der Waals surface area contributed by atoms with E-state index >= 15 is 0 Å². The molecule has 160 valence electrons. The molecule has 7 nitrogen and oxygen atoms in total. The van der Waals surface area contributed by atoms with E-state index in [9.17, 15) is 14.4 Å². The molecule has 0 aliphatic carbocycles. The van der Waals surface area contributed by atoms with Crippen LogP contribution < -0.4 is 5.32 Å². The molecule has 2 heterocycles. The number of rotatable bonds is 8. The van der Waals surface area contributed by atoms with E-state index in [0.717, 1.165) is 21.0 Å². The van der Waals surface area contributed by atoms with E-state index in [1.54, 1.807) is 25.1 Å². The molecule has 1 amide bonds. The Morgan fingerprint density at radius 1 is 1.16 bits per heavy atom. The second-order valence-corrected chi connectivity index (χ2v) is 8.05. The van der Waals surface area contributed by atoms with Gasteiger partial charge in [0.05, 0.1) is 18.6 Å². The van der Waals surface area contributed by atoms with Gasteiger partial charge >= 0.3 is 11.9 Å². The molecule has 0 fully saturated rings. The first-order valence-electron chi connectivity index (χ1n) is 9.21. The second kappa shape index (κ2) is 10.7. The molecule has 0 saturated heterocycles. The van der Waals surface area contributed by atoms with Crippen molar-refractivity contribution in [1.29, 1.82) is 0 Å². The Bertz CT molecular complexity index is 1090. The summed E-state index contributed by atoms with van der Waals surface area (Å²) in [5, 5.41) is 2.62. The Hall–Kier alpha value is -3.17. The first-order chi connectivity index (χ1) is 15.0. The van der Waals surface area contributed by atoms with Crippen LogP contribution in [0.2, 0.25) is 0 Å². The van der Waals surface area contributed by atoms with Gasteiger partial charge in [0.2, 0.25) is 0 Å². The number of thiophene rings is 1. The third-order valence-corrected chi connectivity index (χ3v) is 5.56. The third kappa shape index (κ3) is 6.40. The van der Waals surface area contributed by atoms with Gasteiger partial charge in [-0.2, -0.15) is 0 Å². The summed E-state index contributed by atoms with van der Waals surface area (Å²) in [5.41, 5.74) is 1.18. The summed E-state index contributed by atoms with van der Waals surface area (Å²) in [4.78, 5) is 37.4. The van der Waals surface area contributed by atoms with E-state index in [1.165, 1.54) is 23.7 Å². The smallest absolute Gasteiger partial charge is 0.350 e. The fourth-order valence-electron chi connectivity index (χ4n) is 2.50. The Morgan fingerprint density at radius 3 is 2.61 bits per heavy atom. The Balaban J connectivity index is 1.68. The summed E-state index contributed by atoms with van der Waals surface area (Å²) in [5.74, 6) is -1.33. The first-order valence-corrected chi connectivity index (χ1v) is 10.8. The van der Waals surface area contributed by atoms with Gasteiger partial charge in [0.25, 0.3) is 5.91 Å². The topological polar surface area (TPSA) is 94.8 Å². The van der Waals surface area contributed by atoms with Gasteiger partial charge in [-0.3, -0.25) is 4.79 Å². The number of benzene rings is 1. The number of esters is 2. The lowest BCUT2D eigenvalue weighted by atomic mass is 10.2. The maximum Gasteiger partial charge on any atom is 0.350 e. The molecule has 0 atom stereocenters. The zero-order valence-electron chi connectivity index (χ0n) is 16.4. The van der Waals surface area contributed by atoms with Gasteiger partial charge in [-0.05, 0) is 48.9 Å². The van der Waals surface area contributed by atoms with E-state index in [1.807, 2.05) is 24.3 Å². The molecule has 1 aromatic carbocycles. The van der Waals surface area contributed by atoms with Gasteiger partial charge in [0.1, 0.15) is 10.6 Å². The van der Waals surface area contributed by atoms with Crippen LogP contribution >= 0.6 is 27.3 Å². The predicted molar refractivity (Wildman–Crippen MR) is 121 cm³/mol. The number of carbonyl (C=O) groups excluding carboxylic acids is 3. The fraction of sp³-hybridized carbons (Fsp3) is 0.136. The number of ether oxygens (including phenoxy) is 2. The first kappa shape index (κ1) is 22.5. The molecule has 0 spiro atoms. The maximum absolute atomic E-state index is 12.3. The average molecular weight is 504 g/mol. The van der Waals surface area contributed by atoms with Gasteiger partial charge in [-0.15, -0.1) is 11.3 Å². The molecule has 2 aromatic heterocycles. The molecule has 31 heavy (non-hydrogen) atoms. The standard InChI is InChI=1S/C22H18BrNO6S/c1-2-28-22(27)21-17(12-18(31-21)14-5-7-15(23)8-6-14)24-19(25)13-30-20(26)10-9-16-4-3-11-29-16/h3-12H,2,13H2,1H3,(H,24,25). The van der Waals surface area contributed by atoms with E-state index in [-0.39, 0.29) is 11.5 Å². The Kier molecular flexibility index (Phi) is 7.80. The Morgan fingerprint density at radius 2 is 1.94 bits per heavy atom. The van der Waals surface area contributed by atoms with Gasteiger partial charge in [-0.25, -0.2) is 9.59 Å². The van der Waals surface area contributed by atoms with Crippen LogP contribution in [0.1, 0.15) is 22.4 Å².